The van der Waals surface area contributed by atoms with Gasteiger partial charge in [0.15, 0.2) is 0 Å². The molecule has 0 spiro atoms. The summed E-state index contributed by atoms with van der Waals surface area (Å²) in [5.74, 6) is -0.354. The first-order valence-electron chi connectivity index (χ1n) is 9.19. The van der Waals surface area contributed by atoms with Gasteiger partial charge in [0.1, 0.15) is 0 Å². The average Bonchev–Trinajstić information content (AvgIpc) is 3.37. The molecule has 0 fully saturated rings. The van der Waals surface area contributed by atoms with Crippen LogP contribution in [0.15, 0.2) is 66.0 Å². The van der Waals surface area contributed by atoms with E-state index in [1.807, 2.05) is 36.6 Å². The van der Waals surface area contributed by atoms with Crippen LogP contribution in [0.3, 0.4) is 0 Å². The number of amides is 2. The van der Waals surface area contributed by atoms with Gasteiger partial charge in [-0.15, -0.1) is 22.7 Å². The highest BCUT2D eigenvalue weighted by atomic mass is 32.1. The Kier molecular flexibility index (Phi) is 5.69. The number of aromatic nitrogens is 1. The van der Waals surface area contributed by atoms with Crippen LogP contribution in [0.5, 0.6) is 0 Å². The molecule has 0 aliphatic heterocycles. The van der Waals surface area contributed by atoms with Gasteiger partial charge in [0.05, 0.1) is 20.1 Å². The van der Waals surface area contributed by atoms with Crippen LogP contribution in [0.25, 0.3) is 10.2 Å². The molecule has 2 aromatic heterocycles. The average molecular weight is 422 g/mol. The lowest BCUT2D eigenvalue weighted by Gasteiger charge is -2.13. The molecule has 7 heteroatoms. The van der Waals surface area contributed by atoms with E-state index in [1.54, 1.807) is 41.7 Å². The fraction of sp³-hybridized carbons (Fsp3) is 0.136. The van der Waals surface area contributed by atoms with E-state index in [0.29, 0.717) is 22.5 Å². The maximum atomic E-state index is 12.6. The Morgan fingerprint density at radius 3 is 2.69 bits per heavy atom. The van der Waals surface area contributed by atoms with Crippen LogP contribution < -0.4 is 10.6 Å². The van der Waals surface area contributed by atoms with Gasteiger partial charge in [-0.2, -0.15) is 0 Å². The van der Waals surface area contributed by atoms with Crippen molar-refractivity contribution < 1.29 is 9.59 Å². The number of rotatable bonds is 6. The molecule has 4 rings (SSSR count). The number of carbonyl (C=O) groups excluding carboxylic acids is 2. The van der Waals surface area contributed by atoms with Crippen molar-refractivity contribution in [1.82, 2.24) is 10.3 Å². The Labute approximate surface area is 176 Å². The topological polar surface area (TPSA) is 71.1 Å². The van der Waals surface area contributed by atoms with Gasteiger partial charge in [0.2, 0.25) is 0 Å². The van der Waals surface area contributed by atoms with Crippen LogP contribution in [-0.2, 0) is 6.42 Å². The summed E-state index contributed by atoms with van der Waals surface area (Å²) in [7, 11) is 0. The number of thiazole rings is 1. The number of para-hydroxylation sites is 1. The molecule has 2 amide bonds. The molecule has 0 aliphatic carbocycles. The molecule has 5 nitrogen and oxygen atoms in total. The van der Waals surface area contributed by atoms with Crippen molar-refractivity contribution in [3.05, 3.63) is 81.5 Å². The van der Waals surface area contributed by atoms with Crippen molar-refractivity contribution in [2.24, 2.45) is 0 Å². The number of thiophene rings is 1. The van der Waals surface area contributed by atoms with Crippen LogP contribution in [0.1, 0.15) is 32.0 Å². The molecule has 4 aromatic rings. The fourth-order valence-electron chi connectivity index (χ4n) is 2.97. The second kappa shape index (κ2) is 8.55. The second-order valence-corrected chi connectivity index (χ2v) is 8.73. The Morgan fingerprint density at radius 2 is 1.90 bits per heavy atom. The number of benzene rings is 2. The van der Waals surface area contributed by atoms with E-state index in [1.165, 1.54) is 11.3 Å². The molecule has 0 saturated heterocycles. The smallest absolute Gasteiger partial charge is 0.265 e. The molecular weight excluding hydrogens is 402 g/mol. The quantitative estimate of drug-likeness (QED) is 0.462. The number of hydrogen-bond donors (Lipinski definition) is 2. The first-order valence-corrected chi connectivity index (χ1v) is 10.9. The minimum absolute atomic E-state index is 0.0626. The van der Waals surface area contributed by atoms with Crippen molar-refractivity contribution in [3.8, 4) is 0 Å². The van der Waals surface area contributed by atoms with Gasteiger partial charge in [-0.3, -0.25) is 9.59 Å². The monoisotopic (exact) mass is 421 g/mol. The fourth-order valence-corrected chi connectivity index (χ4v) is 4.68. The van der Waals surface area contributed by atoms with Crippen LogP contribution in [0.4, 0.5) is 5.69 Å². The predicted molar refractivity (Wildman–Crippen MR) is 119 cm³/mol. The Balaban J connectivity index is 1.39. The summed E-state index contributed by atoms with van der Waals surface area (Å²) < 4.78 is 1.15. The van der Waals surface area contributed by atoms with E-state index in [-0.39, 0.29) is 17.9 Å². The molecule has 1 unspecified atom stereocenters. The molecule has 0 radical (unpaired) electrons. The largest absolute Gasteiger partial charge is 0.349 e. The van der Waals surface area contributed by atoms with E-state index in [9.17, 15) is 9.59 Å². The summed E-state index contributed by atoms with van der Waals surface area (Å²) in [6.45, 7) is 1.96. The molecule has 2 aromatic carbocycles. The lowest BCUT2D eigenvalue weighted by atomic mass is 10.1. The molecule has 0 bridgehead atoms. The van der Waals surface area contributed by atoms with E-state index in [0.717, 1.165) is 15.2 Å². The van der Waals surface area contributed by atoms with Gasteiger partial charge in [-0.1, -0.05) is 24.3 Å². The summed E-state index contributed by atoms with van der Waals surface area (Å²) in [4.78, 5) is 30.1. The summed E-state index contributed by atoms with van der Waals surface area (Å²) in [6, 6.07) is 18.5. The SMILES string of the molecule is CC(Cc1nc2ccccc2s1)NC(=O)c1cccc(NC(=O)c2cccs2)c1. The van der Waals surface area contributed by atoms with Crippen LogP contribution >= 0.6 is 22.7 Å². The third kappa shape index (κ3) is 4.70. The van der Waals surface area contributed by atoms with Crippen LogP contribution in [0, 0.1) is 0 Å². The van der Waals surface area contributed by atoms with Crippen molar-refractivity contribution in [1.29, 1.82) is 0 Å². The van der Waals surface area contributed by atoms with Gasteiger partial charge in [-0.05, 0) is 48.7 Å². The lowest BCUT2D eigenvalue weighted by Crippen LogP contribution is -2.34. The first kappa shape index (κ1) is 19.3. The molecule has 146 valence electrons. The molecule has 29 heavy (non-hydrogen) atoms. The lowest BCUT2D eigenvalue weighted by molar-refractivity contribution is 0.0939. The Morgan fingerprint density at radius 1 is 1.03 bits per heavy atom. The van der Waals surface area contributed by atoms with Crippen LogP contribution in [-0.4, -0.2) is 22.8 Å². The van der Waals surface area contributed by atoms with E-state index in [2.05, 4.69) is 21.7 Å². The highest BCUT2D eigenvalue weighted by Crippen LogP contribution is 2.22. The van der Waals surface area contributed by atoms with Gasteiger partial charge in [0, 0.05) is 23.7 Å². The minimum atomic E-state index is -0.179. The number of fused-ring (bicyclic) bond motifs is 1. The van der Waals surface area contributed by atoms with Gasteiger partial charge in [-0.25, -0.2) is 4.98 Å². The van der Waals surface area contributed by atoms with E-state index in [4.69, 9.17) is 0 Å². The summed E-state index contributed by atoms with van der Waals surface area (Å²) in [5.41, 5.74) is 2.08. The standard InChI is InChI=1S/C22H19N3O2S2/c1-14(12-20-25-17-8-2-3-9-18(17)29-20)23-21(26)15-6-4-7-16(13-15)24-22(27)19-10-5-11-28-19/h2-11,13-14H,12H2,1H3,(H,23,26)(H,24,27). The number of nitrogens with zero attached hydrogens (tertiary/aromatic N) is 1. The number of nitrogens with one attached hydrogen (secondary N) is 2. The highest BCUT2D eigenvalue weighted by molar-refractivity contribution is 7.18. The Bertz CT molecular complexity index is 1120. The maximum absolute atomic E-state index is 12.6. The minimum Gasteiger partial charge on any atom is -0.349 e. The zero-order chi connectivity index (χ0) is 20.2. The summed E-state index contributed by atoms with van der Waals surface area (Å²) in [6.07, 6.45) is 0.667. The molecule has 0 aliphatic rings. The van der Waals surface area contributed by atoms with Gasteiger partial charge in [0.25, 0.3) is 11.8 Å². The molecular formula is C22H19N3O2S2. The van der Waals surface area contributed by atoms with Crippen molar-refractivity contribution in [2.45, 2.75) is 19.4 Å². The zero-order valence-electron chi connectivity index (χ0n) is 15.7. The number of anilines is 1. The predicted octanol–water partition coefficient (Wildman–Crippen LogP) is 4.97. The summed E-state index contributed by atoms with van der Waals surface area (Å²) >= 11 is 3.02. The van der Waals surface area contributed by atoms with Gasteiger partial charge >= 0.3 is 0 Å². The van der Waals surface area contributed by atoms with Crippen molar-refractivity contribution in [3.63, 3.8) is 0 Å². The molecule has 2 heterocycles. The number of hydrogen-bond acceptors (Lipinski definition) is 5. The summed E-state index contributed by atoms with van der Waals surface area (Å²) in [5, 5.41) is 8.69. The van der Waals surface area contributed by atoms with E-state index < -0.39 is 0 Å². The van der Waals surface area contributed by atoms with Crippen LogP contribution in [0.2, 0.25) is 0 Å². The zero-order valence-corrected chi connectivity index (χ0v) is 17.3. The Hall–Kier alpha value is -3.03. The normalized spacial score (nSPS) is 11.9. The second-order valence-electron chi connectivity index (χ2n) is 6.67. The van der Waals surface area contributed by atoms with Crippen molar-refractivity contribution >= 4 is 50.4 Å². The van der Waals surface area contributed by atoms with Crippen molar-refractivity contribution in [2.75, 3.05) is 5.32 Å². The third-order valence-electron chi connectivity index (χ3n) is 4.32. The molecule has 1 atom stereocenters. The maximum Gasteiger partial charge on any atom is 0.265 e. The highest BCUT2D eigenvalue weighted by Gasteiger charge is 2.14. The molecule has 2 N–H and O–H groups in total. The van der Waals surface area contributed by atoms with E-state index >= 15 is 0 Å². The third-order valence-corrected chi connectivity index (χ3v) is 6.25. The van der Waals surface area contributed by atoms with Gasteiger partial charge < -0.3 is 10.6 Å². The first-order chi connectivity index (χ1) is 14.1. The number of carbonyl (C=O) groups is 2. The molecule has 0 saturated carbocycles.